The molecule has 0 saturated carbocycles. The van der Waals surface area contributed by atoms with Gasteiger partial charge < -0.3 is 9.88 Å². The molecule has 0 radical (unpaired) electrons. The molecule has 2 aromatic carbocycles. The molecule has 1 N–H and O–H groups in total. The van der Waals surface area contributed by atoms with Crippen molar-refractivity contribution in [2.24, 2.45) is 0 Å². The Morgan fingerprint density at radius 1 is 1.25 bits per heavy atom. The molecule has 4 rings (SSSR count). The number of carbonyl (C=O) groups is 1. The molecule has 2 heterocycles. The van der Waals surface area contributed by atoms with Crippen molar-refractivity contribution in [3.8, 4) is 0 Å². The predicted molar refractivity (Wildman–Crippen MR) is 104 cm³/mol. The van der Waals surface area contributed by atoms with Crippen LogP contribution in [0, 0.1) is 0 Å². The number of nitrogens with one attached hydrogen (secondary N) is 1. The maximum atomic E-state index is 12.9. The Morgan fingerprint density at radius 2 is 2.00 bits per heavy atom. The Bertz CT molecular complexity index is 1180. The van der Waals surface area contributed by atoms with E-state index < -0.39 is 23.1 Å². The van der Waals surface area contributed by atoms with E-state index >= 15 is 0 Å². The first-order chi connectivity index (χ1) is 13.1. The number of hydrogen-bond donors (Lipinski definition) is 1. The minimum atomic E-state index is -4.52. The summed E-state index contributed by atoms with van der Waals surface area (Å²) < 4.78 is 41.3. The lowest BCUT2D eigenvalue weighted by Crippen LogP contribution is -2.24. The number of benzene rings is 2. The number of carbonyl (C=O) groups excluding carboxylic acids is 1. The molecule has 1 amide bonds. The Labute approximate surface area is 166 Å². The van der Waals surface area contributed by atoms with Crippen molar-refractivity contribution in [3.05, 3.63) is 74.0 Å². The Morgan fingerprint density at radius 3 is 2.71 bits per heavy atom. The summed E-state index contributed by atoms with van der Waals surface area (Å²) in [5.74, 6) is -0.740. The first-order valence-electron chi connectivity index (χ1n) is 8.51. The zero-order valence-electron chi connectivity index (χ0n) is 14.6. The van der Waals surface area contributed by atoms with Crippen LogP contribution in [0.15, 0.2) is 51.9 Å². The predicted octanol–water partition coefficient (Wildman–Crippen LogP) is 5.15. The van der Waals surface area contributed by atoms with E-state index in [0.717, 1.165) is 34.1 Å². The van der Waals surface area contributed by atoms with Gasteiger partial charge in [0.2, 0.25) is 5.43 Å². The van der Waals surface area contributed by atoms with Gasteiger partial charge in [0.1, 0.15) is 5.56 Å². The molecule has 0 aliphatic carbocycles. The summed E-state index contributed by atoms with van der Waals surface area (Å²) >= 11 is 3.39. The monoisotopic (exact) mass is 450 g/mol. The van der Waals surface area contributed by atoms with Gasteiger partial charge in [0.15, 0.2) is 0 Å². The summed E-state index contributed by atoms with van der Waals surface area (Å²) in [6, 6.07) is 7.99. The number of hydrogen-bond acceptors (Lipinski definition) is 2. The third-order valence-electron chi connectivity index (χ3n) is 4.85. The highest BCUT2D eigenvalue weighted by Crippen LogP contribution is 2.34. The van der Waals surface area contributed by atoms with Gasteiger partial charge in [-0.2, -0.15) is 13.2 Å². The highest BCUT2D eigenvalue weighted by atomic mass is 79.9. The average Bonchev–Trinajstić information content (AvgIpc) is 2.92. The largest absolute Gasteiger partial charge is 0.416 e. The second kappa shape index (κ2) is 6.48. The maximum Gasteiger partial charge on any atom is 0.416 e. The quantitative estimate of drug-likeness (QED) is 0.586. The summed E-state index contributed by atoms with van der Waals surface area (Å²) in [5, 5.41) is 2.82. The first kappa shape index (κ1) is 18.7. The van der Waals surface area contributed by atoms with Crippen LogP contribution in [-0.2, 0) is 12.6 Å². The van der Waals surface area contributed by atoms with E-state index in [9.17, 15) is 22.8 Å². The third kappa shape index (κ3) is 3.11. The van der Waals surface area contributed by atoms with Crippen molar-refractivity contribution in [2.45, 2.75) is 25.6 Å². The molecule has 0 fully saturated rings. The minimum Gasteiger partial charge on any atom is -0.343 e. The second-order valence-corrected chi connectivity index (χ2v) is 7.74. The highest BCUT2D eigenvalue weighted by Gasteiger charge is 2.31. The number of pyridine rings is 1. The molecule has 1 aliphatic rings. The normalized spacial score (nSPS) is 15.8. The lowest BCUT2D eigenvalue weighted by atomic mass is 10.1. The van der Waals surface area contributed by atoms with Crippen molar-refractivity contribution in [1.29, 1.82) is 0 Å². The summed E-state index contributed by atoms with van der Waals surface area (Å²) in [4.78, 5) is 25.6. The van der Waals surface area contributed by atoms with E-state index in [-0.39, 0.29) is 17.3 Å². The molecule has 8 heteroatoms. The van der Waals surface area contributed by atoms with E-state index in [1.165, 1.54) is 18.3 Å². The number of halogens is 4. The van der Waals surface area contributed by atoms with Gasteiger partial charge in [-0.05, 0) is 49.2 Å². The third-order valence-corrected chi connectivity index (χ3v) is 5.31. The molecular weight excluding hydrogens is 437 g/mol. The topological polar surface area (TPSA) is 51.1 Å². The molecular formula is C20H14BrF3N2O2. The van der Waals surface area contributed by atoms with Gasteiger partial charge in [-0.3, -0.25) is 9.59 Å². The van der Waals surface area contributed by atoms with Crippen molar-refractivity contribution in [2.75, 3.05) is 5.32 Å². The van der Waals surface area contributed by atoms with Crippen LogP contribution in [0.3, 0.4) is 0 Å². The molecule has 0 saturated heterocycles. The number of anilines is 1. The van der Waals surface area contributed by atoms with Crippen molar-refractivity contribution in [1.82, 2.24) is 4.57 Å². The SMILES string of the molecule is C[C@H]1Cc2cc(Br)cc3c(=O)c(C(=O)Nc4cccc(C(F)(F)F)c4)cn1c23. The van der Waals surface area contributed by atoms with E-state index in [2.05, 4.69) is 21.2 Å². The summed E-state index contributed by atoms with van der Waals surface area (Å²) in [7, 11) is 0. The Balaban J connectivity index is 1.78. The van der Waals surface area contributed by atoms with Crippen LogP contribution in [-0.4, -0.2) is 10.5 Å². The summed E-state index contributed by atoms with van der Waals surface area (Å²) in [5.41, 5.74) is 0.343. The Hall–Kier alpha value is -2.61. The summed E-state index contributed by atoms with van der Waals surface area (Å²) in [6.07, 6.45) is -2.30. The maximum absolute atomic E-state index is 12.9. The second-order valence-electron chi connectivity index (χ2n) is 6.83. The lowest BCUT2D eigenvalue weighted by molar-refractivity contribution is -0.137. The average molecular weight is 451 g/mol. The van der Waals surface area contributed by atoms with Crippen LogP contribution in [0.2, 0.25) is 0 Å². The van der Waals surface area contributed by atoms with E-state index in [1.807, 2.05) is 17.6 Å². The molecule has 1 aromatic heterocycles. The molecule has 28 heavy (non-hydrogen) atoms. The zero-order valence-corrected chi connectivity index (χ0v) is 16.2. The lowest BCUT2D eigenvalue weighted by Gasteiger charge is -2.13. The van der Waals surface area contributed by atoms with Crippen LogP contribution in [0.5, 0.6) is 0 Å². The molecule has 0 spiro atoms. The molecule has 0 bridgehead atoms. The van der Waals surface area contributed by atoms with Crippen LogP contribution >= 0.6 is 15.9 Å². The van der Waals surface area contributed by atoms with Gasteiger partial charge in [-0.15, -0.1) is 0 Å². The molecule has 0 unspecified atom stereocenters. The van der Waals surface area contributed by atoms with Gasteiger partial charge in [0, 0.05) is 27.8 Å². The zero-order chi connectivity index (χ0) is 20.2. The number of aromatic nitrogens is 1. The van der Waals surface area contributed by atoms with Crippen molar-refractivity contribution >= 4 is 38.4 Å². The molecule has 1 aliphatic heterocycles. The van der Waals surface area contributed by atoms with E-state index in [1.54, 1.807) is 6.07 Å². The van der Waals surface area contributed by atoms with Crippen molar-refractivity contribution in [3.63, 3.8) is 0 Å². The van der Waals surface area contributed by atoms with Crippen LogP contribution in [0.4, 0.5) is 18.9 Å². The van der Waals surface area contributed by atoms with E-state index in [0.29, 0.717) is 5.39 Å². The van der Waals surface area contributed by atoms with Crippen LogP contribution in [0.1, 0.15) is 34.5 Å². The molecule has 4 nitrogen and oxygen atoms in total. The van der Waals surface area contributed by atoms with E-state index in [4.69, 9.17) is 0 Å². The number of rotatable bonds is 2. The van der Waals surface area contributed by atoms with Crippen LogP contribution < -0.4 is 10.7 Å². The fraction of sp³-hybridized carbons (Fsp3) is 0.200. The Kier molecular flexibility index (Phi) is 4.33. The van der Waals surface area contributed by atoms with Crippen LogP contribution in [0.25, 0.3) is 10.9 Å². The number of amides is 1. The number of alkyl halides is 3. The smallest absolute Gasteiger partial charge is 0.343 e. The fourth-order valence-electron chi connectivity index (χ4n) is 3.59. The van der Waals surface area contributed by atoms with Gasteiger partial charge in [-0.1, -0.05) is 22.0 Å². The summed E-state index contributed by atoms with van der Waals surface area (Å²) in [6.45, 7) is 1.98. The van der Waals surface area contributed by atoms with Gasteiger partial charge in [0.05, 0.1) is 11.1 Å². The molecule has 3 aromatic rings. The standard InChI is InChI=1S/C20H14BrF3N2O2/c1-10-5-11-6-13(21)8-15-17(11)26(10)9-16(18(15)27)19(28)25-14-4-2-3-12(7-14)20(22,23)24/h2-4,6-10H,5H2,1H3,(H,25,28)/t10-/m0/s1. The highest BCUT2D eigenvalue weighted by molar-refractivity contribution is 9.10. The number of nitrogens with zero attached hydrogens (tertiary/aromatic N) is 1. The first-order valence-corrected chi connectivity index (χ1v) is 9.30. The van der Waals surface area contributed by atoms with Gasteiger partial charge >= 0.3 is 6.18 Å². The molecule has 1 atom stereocenters. The molecule has 144 valence electrons. The fourth-order valence-corrected chi connectivity index (χ4v) is 4.10. The minimum absolute atomic E-state index is 0.0243. The van der Waals surface area contributed by atoms with Gasteiger partial charge in [-0.25, -0.2) is 0 Å². The van der Waals surface area contributed by atoms with Gasteiger partial charge in [0.25, 0.3) is 5.91 Å². The van der Waals surface area contributed by atoms with Crippen molar-refractivity contribution < 1.29 is 18.0 Å².